The van der Waals surface area contributed by atoms with Gasteiger partial charge in [0.25, 0.3) is 0 Å². The lowest BCUT2D eigenvalue weighted by molar-refractivity contribution is 0.0824. The van der Waals surface area contributed by atoms with Gasteiger partial charge in [-0.1, -0.05) is 0 Å². The van der Waals surface area contributed by atoms with Crippen LogP contribution in [0.1, 0.15) is 46.0 Å². The van der Waals surface area contributed by atoms with Gasteiger partial charge in [-0.2, -0.15) is 0 Å². The summed E-state index contributed by atoms with van der Waals surface area (Å²) in [6, 6.07) is 2.05. The van der Waals surface area contributed by atoms with Crippen LogP contribution in [0, 0.1) is 0 Å². The van der Waals surface area contributed by atoms with E-state index in [0.717, 1.165) is 39.0 Å². The topological polar surface area (TPSA) is 44.8 Å². The van der Waals surface area contributed by atoms with Crippen LogP contribution in [0.4, 0.5) is 4.79 Å². The van der Waals surface area contributed by atoms with Crippen LogP contribution in [-0.2, 0) is 4.74 Å². The fraction of sp³-hybridized carbons (Fsp3) is 0.938. The Labute approximate surface area is 127 Å². The molecule has 4 fully saturated rings. The van der Waals surface area contributed by atoms with Crippen molar-refractivity contribution >= 4 is 6.03 Å². The van der Waals surface area contributed by atoms with Gasteiger partial charge in [0.2, 0.25) is 0 Å². The van der Waals surface area contributed by atoms with Crippen molar-refractivity contribution in [3.05, 3.63) is 0 Å². The van der Waals surface area contributed by atoms with Crippen molar-refractivity contribution in [3.63, 3.8) is 0 Å². The fourth-order valence-corrected chi connectivity index (χ4v) is 5.17. The van der Waals surface area contributed by atoms with Crippen molar-refractivity contribution in [3.8, 4) is 0 Å². The molecule has 1 spiro atoms. The van der Waals surface area contributed by atoms with Crippen molar-refractivity contribution in [2.24, 2.45) is 0 Å². The second kappa shape index (κ2) is 4.85. The molecule has 0 radical (unpaired) electrons. The number of nitrogens with one attached hydrogen (secondary N) is 1. The summed E-state index contributed by atoms with van der Waals surface area (Å²) in [5.41, 5.74) is 0.0604. The highest BCUT2D eigenvalue weighted by molar-refractivity contribution is 5.79. The molecule has 4 rings (SSSR count). The van der Waals surface area contributed by atoms with E-state index in [9.17, 15) is 4.79 Å². The summed E-state index contributed by atoms with van der Waals surface area (Å²) < 4.78 is 5.52. The molecule has 5 heteroatoms. The second-order valence-corrected chi connectivity index (χ2v) is 7.66. The number of amides is 2. The van der Waals surface area contributed by atoms with Gasteiger partial charge in [0.1, 0.15) is 0 Å². The van der Waals surface area contributed by atoms with Crippen molar-refractivity contribution in [2.75, 3.05) is 19.8 Å². The van der Waals surface area contributed by atoms with Crippen LogP contribution in [0.3, 0.4) is 0 Å². The average molecular weight is 293 g/mol. The standard InChI is InChI=1S/C16H27N3O2/c1-11(2)19-15(20)18(14-5-6-21-9-14)10-16(19)7-12-3-4-13(8-16)17-12/h11-14,17H,3-10H2,1-2H3. The molecule has 4 heterocycles. The Hall–Kier alpha value is -0.810. The van der Waals surface area contributed by atoms with E-state index in [4.69, 9.17) is 4.74 Å². The number of piperidine rings is 1. The van der Waals surface area contributed by atoms with Crippen LogP contribution >= 0.6 is 0 Å². The highest BCUT2D eigenvalue weighted by Crippen LogP contribution is 2.44. The van der Waals surface area contributed by atoms with E-state index in [0.29, 0.717) is 18.1 Å². The molecule has 2 bridgehead atoms. The Bertz CT molecular complexity index is 421. The monoisotopic (exact) mass is 293 g/mol. The highest BCUT2D eigenvalue weighted by Gasteiger charge is 2.56. The largest absolute Gasteiger partial charge is 0.379 e. The number of hydrogen-bond acceptors (Lipinski definition) is 3. The van der Waals surface area contributed by atoms with Gasteiger partial charge in [0.05, 0.1) is 18.2 Å². The number of fused-ring (bicyclic) bond motifs is 2. The van der Waals surface area contributed by atoms with Crippen molar-refractivity contribution in [1.29, 1.82) is 0 Å². The average Bonchev–Trinajstić information content (AvgIpc) is 3.10. The van der Waals surface area contributed by atoms with Crippen LogP contribution in [-0.4, -0.2) is 65.3 Å². The van der Waals surface area contributed by atoms with Crippen LogP contribution < -0.4 is 5.32 Å². The molecule has 1 N–H and O–H groups in total. The first kappa shape index (κ1) is 13.8. The molecule has 0 aromatic heterocycles. The maximum Gasteiger partial charge on any atom is 0.321 e. The zero-order valence-electron chi connectivity index (χ0n) is 13.2. The third kappa shape index (κ3) is 2.08. The summed E-state index contributed by atoms with van der Waals surface area (Å²) in [7, 11) is 0. The normalized spacial score (nSPS) is 42.8. The molecule has 4 aliphatic rings. The molecule has 4 aliphatic heterocycles. The van der Waals surface area contributed by atoms with Gasteiger partial charge in [-0.05, 0) is 46.0 Å². The first-order valence-electron chi connectivity index (χ1n) is 8.53. The number of nitrogens with zero attached hydrogens (tertiary/aromatic N) is 2. The molecular formula is C16H27N3O2. The molecule has 5 nitrogen and oxygen atoms in total. The minimum Gasteiger partial charge on any atom is -0.379 e. The van der Waals surface area contributed by atoms with Gasteiger partial charge >= 0.3 is 6.03 Å². The predicted octanol–water partition coefficient (Wildman–Crippen LogP) is 1.57. The summed E-state index contributed by atoms with van der Waals surface area (Å²) >= 11 is 0. The molecule has 118 valence electrons. The lowest BCUT2D eigenvalue weighted by Crippen LogP contribution is -2.59. The molecule has 0 aromatic carbocycles. The molecule has 2 amide bonds. The summed E-state index contributed by atoms with van der Waals surface area (Å²) in [4.78, 5) is 17.3. The summed E-state index contributed by atoms with van der Waals surface area (Å²) in [5.74, 6) is 0. The van der Waals surface area contributed by atoms with Gasteiger partial charge in [0.15, 0.2) is 0 Å². The van der Waals surface area contributed by atoms with E-state index in [1.54, 1.807) is 0 Å². The predicted molar refractivity (Wildman–Crippen MR) is 80.2 cm³/mol. The van der Waals surface area contributed by atoms with Crippen LogP contribution in [0.2, 0.25) is 0 Å². The fourth-order valence-electron chi connectivity index (χ4n) is 5.17. The minimum atomic E-state index is 0.0604. The van der Waals surface area contributed by atoms with Crippen molar-refractivity contribution in [2.45, 2.75) is 75.7 Å². The summed E-state index contributed by atoms with van der Waals surface area (Å²) in [6.07, 6.45) is 5.80. The van der Waals surface area contributed by atoms with Gasteiger partial charge in [0, 0.05) is 31.3 Å². The first-order valence-corrected chi connectivity index (χ1v) is 8.53. The number of carbonyl (C=O) groups excluding carboxylic acids is 1. The molecule has 21 heavy (non-hydrogen) atoms. The van der Waals surface area contributed by atoms with Crippen LogP contribution in [0.15, 0.2) is 0 Å². The Balaban J connectivity index is 1.64. The smallest absolute Gasteiger partial charge is 0.321 e. The molecule has 0 aromatic rings. The Kier molecular flexibility index (Phi) is 3.19. The lowest BCUT2D eigenvalue weighted by Gasteiger charge is -2.45. The van der Waals surface area contributed by atoms with Crippen molar-refractivity contribution in [1.82, 2.24) is 15.1 Å². The third-order valence-corrected chi connectivity index (χ3v) is 5.88. The summed E-state index contributed by atoms with van der Waals surface area (Å²) in [5, 5.41) is 3.72. The van der Waals surface area contributed by atoms with Crippen molar-refractivity contribution < 1.29 is 9.53 Å². The number of ether oxygens (including phenoxy) is 1. The Morgan fingerprint density at radius 3 is 2.52 bits per heavy atom. The van der Waals surface area contributed by atoms with E-state index >= 15 is 0 Å². The van der Waals surface area contributed by atoms with E-state index in [1.807, 2.05) is 0 Å². The lowest BCUT2D eigenvalue weighted by atomic mass is 9.82. The van der Waals surface area contributed by atoms with Crippen LogP contribution in [0.25, 0.3) is 0 Å². The molecular weight excluding hydrogens is 266 g/mol. The zero-order valence-corrected chi connectivity index (χ0v) is 13.2. The van der Waals surface area contributed by atoms with E-state index < -0.39 is 0 Å². The maximum absolute atomic E-state index is 13.0. The molecule has 4 saturated heterocycles. The quantitative estimate of drug-likeness (QED) is 0.840. The van der Waals surface area contributed by atoms with E-state index in [2.05, 4.69) is 29.0 Å². The van der Waals surface area contributed by atoms with Gasteiger partial charge in [-0.3, -0.25) is 0 Å². The van der Waals surface area contributed by atoms with Gasteiger partial charge in [-0.15, -0.1) is 0 Å². The number of urea groups is 1. The zero-order chi connectivity index (χ0) is 14.6. The second-order valence-electron chi connectivity index (χ2n) is 7.66. The van der Waals surface area contributed by atoms with Crippen LogP contribution in [0.5, 0.6) is 0 Å². The first-order chi connectivity index (χ1) is 10.1. The molecule has 3 atom stereocenters. The SMILES string of the molecule is CC(C)N1C(=O)N(C2CCOC2)CC12CC1CCC(C2)N1. The number of carbonyl (C=O) groups is 1. The highest BCUT2D eigenvalue weighted by atomic mass is 16.5. The summed E-state index contributed by atoms with van der Waals surface area (Å²) in [6.45, 7) is 6.76. The van der Waals surface area contributed by atoms with E-state index in [1.165, 1.54) is 12.8 Å². The maximum atomic E-state index is 13.0. The number of rotatable bonds is 2. The van der Waals surface area contributed by atoms with Gasteiger partial charge in [-0.25, -0.2) is 4.79 Å². The number of hydrogen-bond donors (Lipinski definition) is 1. The molecule has 0 aliphatic carbocycles. The molecule has 3 unspecified atom stereocenters. The Morgan fingerprint density at radius 2 is 1.95 bits per heavy atom. The Morgan fingerprint density at radius 1 is 1.24 bits per heavy atom. The third-order valence-electron chi connectivity index (χ3n) is 5.88. The molecule has 0 saturated carbocycles. The van der Waals surface area contributed by atoms with E-state index in [-0.39, 0.29) is 17.6 Å². The van der Waals surface area contributed by atoms with Gasteiger partial charge < -0.3 is 19.9 Å². The minimum absolute atomic E-state index is 0.0604.